The highest BCUT2D eigenvalue weighted by Gasteiger charge is 2.10. The van der Waals surface area contributed by atoms with Gasteiger partial charge in [-0.2, -0.15) is 5.10 Å². The fraction of sp³-hybridized carbons (Fsp3) is 0.261. The van der Waals surface area contributed by atoms with Gasteiger partial charge in [-0.15, -0.1) is 0 Å². The Morgan fingerprint density at radius 2 is 1.77 bits per heavy atom. The van der Waals surface area contributed by atoms with E-state index in [0.717, 1.165) is 28.3 Å². The fourth-order valence-corrected chi connectivity index (χ4v) is 3.09. The van der Waals surface area contributed by atoms with Crippen molar-refractivity contribution in [2.24, 2.45) is 0 Å². The molecule has 0 radical (unpaired) electrons. The minimum atomic E-state index is -0.287. The molecule has 7 heteroatoms. The van der Waals surface area contributed by atoms with Crippen LogP contribution in [0.4, 0.5) is 0 Å². The summed E-state index contributed by atoms with van der Waals surface area (Å²) in [6.45, 7) is 4.84. The fourth-order valence-electron chi connectivity index (χ4n) is 3.09. The van der Waals surface area contributed by atoms with E-state index < -0.39 is 0 Å². The molecule has 30 heavy (non-hydrogen) atoms. The van der Waals surface area contributed by atoms with E-state index in [1.165, 1.54) is 0 Å². The number of methoxy groups -OCH3 is 1. The second kappa shape index (κ2) is 9.73. The lowest BCUT2D eigenvalue weighted by Crippen LogP contribution is -2.36. The van der Waals surface area contributed by atoms with E-state index in [0.29, 0.717) is 18.7 Å². The minimum Gasteiger partial charge on any atom is -0.497 e. The van der Waals surface area contributed by atoms with Crippen molar-refractivity contribution >= 4 is 11.8 Å². The highest BCUT2D eigenvalue weighted by atomic mass is 16.5. The number of hydrogen-bond acceptors (Lipinski definition) is 4. The van der Waals surface area contributed by atoms with E-state index in [2.05, 4.69) is 15.7 Å². The van der Waals surface area contributed by atoms with Crippen molar-refractivity contribution in [2.45, 2.75) is 26.9 Å². The Morgan fingerprint density at radius 3 is 2.43 bits per heavy atom. The molecule has 156 valence electrons. The largest absolute Gasteiger partial charge is 0.497 e. The van der Waals surface area contributed by atoms with Gasteiger partial charge in [-0.05, 0) is 55.3 Å². The number of nitrogens with zero attached hydrogens (tertiary/aromatic N) is 2. The van der Waals surface area contributed by atoms with E-state index >= 15 is 0 Å². The molecule has 2 aromatic carbocycles. The van der Waals surface area contributed by atoms with Gasteiger partial charge >= 0.3 is 0 Å². The number of hydrogen-bond donors (Lipinski definition) is 2. The zero-order valence-corrected chi connectivity index (χ0v) is 17.4. The van der Waals surface area contributed by atoms with Crippen LogP contribution in [0.1, 0.15) is 32.9 Å². The Labute approximate surface area is 176 Å². The molecule has 2 N–H and O–H groups in total. The molecule has 0 aliphatic rings. The number of aryl methyl sites for hydroxylation is 2. The molecule has 2 amide bonds. The average Bonchev–Trinajstić information content (AvgIpc) is 3.07. The Hall–Kier alpha value is -3.61. The Balaban J connectivity index is 1.50. The van der Waals surface area contributed by atoms with Crippen LogP contribution < -0.4 is 15.4 Å². The van der Waals surface area contributed by atoms with Crippen LogP contribution in [0.25, 0.3) is 0 Å². The van der Waals surface area contributed by atoms with E-state index in [1.807, 2.05) is 67.1 Å². The first-order valence-corrected chi connectivity index (χ1v) is 9.72. The van der Waals surface area contributed by atoms with E-state index in [1.54, 1.807) is 13.2 Å². The smallest absolute Gasteiger partial charge is 0.251 e. The zero-order valence-electron chi connectivity index (χ0n) is 17.4. The zero-order chi connectivity index (χ0) is 21.5. The number of ether oxygens (including phenoxy) is 1. The monoisotopic (exact) mass is 406 g/mol. The van der Waals surface area contributed by atoms with Gasteiger partial charge in [0.2, 0.25) is 5.91 Å². The standard InChI is InChI=1S/C23H26N4O3/c1-16-11-17(2)27(26-16)15-19-5-4-6-20(12-19)23(29)25-14-22(28)24-13-18-7-9-21(30-3)10-8-18/h4-12H,13-15H2,1-3H3,(H,24,28)(H,25,29). The first-order chi connectivity index (χ1) is 14.4. The molecular weight excluding hydrogens is 380 g/mol. The lowest BCUT2D eigenvalue weighted by atomic mass is 10.1. The lowest BCUT2D eigenvalue weighted by molar-refractivity contribution is -0.120. The van der Waals surface area contributed by atoms with Gasteiger partial charge in [-0.1, -0.05) is 24.3 Å². The van der Waals surface area contributed by atoms with Crippen molar-refractivity contribution in [3.05, 3.63) is 82.7 Å². The summed E-state index contributed by atoms with van der Waals surface area (Å²) in [7, 11) is 1.61. The van der Waals surface area contributed by atoms with Crippen molar-refractivity contribution in [2.75, 3.05) is 13.7 Å². The van der Waals surface area contributed by atoms with Crippen molar-refractivity contribution < 1.29 is 14.3 Å². The predicted molar refractivity (Wildman–Crippen MR) is 114 cm³/mol. The first-order valence-electron chi connectivity index (χ1n) is 9.72. The average molecular weight is 406 g/mol. The second-order valence-electron chi connectivity index (χ2n) is 7.09. The van der Waals surface area contributed by atoms with Gasteiger partial charge in [-0.25, -0.2) is 0 Å². The summed E-state index contributed by atoms with van der Waals surface area (Å²) in [4.78, 5) is 24.5. The summed E-state index contributed by atoms with van der Waals surface area (Å²) in [5, 5.41) is 9.91. The molecule has 0 aliphatic heterocycles. The van der Waals surface area contributed by atoms with Crippen LogP contribution in [-0.4, -0.2) is 35.2 Å². The molecule has 0 saturated heterocycles. The number of carbonyl (C=O) groups is 2. The van der Waals surface area contributed by atoms with Crippen LogP contribution in [0.3, 0.4) is 0 Å². The van der Waals surface area contributed by atoms with E-state index in [4.69, 9.17) is 4.74 Å². The topological polar surface area (TPSA) is 85.3 Å². The number of benzene rings is 2. The molecule has 0 fully saturated rings. The molecule has 0 unspecified atom stereocenters. The third-order valence-electron chi connectivity index (χ3n) is 4.68. The molecule has 3 aromatic rings. The van der Waals surface area contributed by atoms with Crippen LogP contribution in [0.5, 0.6) is 5.75 Å². The van der Waals surface area contributed by atoms with Crippen molar-refractivity contribution in [3.8, 4) is 5.75 Å². The van der Waals surface area contributed by atoms with Gasteiger partial charge in [-0.3, -0.25) is 14.3 Å². The van der Waals surface area contributed by atoms with Crippen molar-refractivity contribution in [1.82, 2.24) is 20.4 Å². The summed E-state index contributed by atoms with van der Waals surface area (Å²) < 4.78 is 7.01. The van der Waals surface area contributed by atoms with Gasteiger partial charge in [0.05, 0.1) is 25.9 Å². The summed E-state index contributed by atoms with van der Waals surface area (Å²) in [5.74, 6) is 0.222. The Morgan fingerprint density at radius 1 is 1.00 bits per heavy atom. The second-order valence-corrected chi connectivity index (χ2v) is 7.09. The highest BCUT2D eigenvalue weighted by Crippen LogP contribution is 2.11. The molecule has 1 aromatic heterocycles. The number of carbonyl (C=O) groups excluding carboxylic acids is 2. The Bertz CT molecular complexity index is 1030. The van der Waals surface area contributed by atoms with Crippen LogP contribution >= 0.6 is 0 Å². The van der Waals surface area contributed by atoms with Crippen molar-refractivity contribution in [1.29, 1.82) is 0 Å². The number of aromatic nitrogens is 2. The van der Waals surface area contributed by atoms with Gasteiger partial charge in [0.15, 0.2) is 0 Å². The third-order valence-corrected chi connectivity index (χ3v) is 4.68. The molecule has 0 spiro atoms. The molecule has 3 rings (SSSR count). The Kier molecular flexibility index (Phi) is 6.85. The predicted octanol–water partition coefficient (Wildman–Crippen LogP) is 2.60. The van der Waals surface area contributed by atoms with Gasteiger partial charge in [0, 0.05) is 17.8 Å². The highest BCUT2D eigenvalue weighted by molar-refractivity contribution is 5.96. The normalized spacial score (nSPS) is 10.5. The first kappa shape index (κ1) is 21.1. The van der Waals surface area contributed by atoms with Crippen LogP contribution in [0, 0.1) is 13.8 Å². The van der Waals surface area contributed by atoms with Crippen molar-refractivity contribution in [3.63, 3.8) is 0 Å². The third kappa shape index (κ3) is 5.70. The number of amides is 2. The maximum atomic E-state index is 12.4. The molecule has 0 saturated carbocycles. The van der Waals surface area contributed by atoms with Crippen LogP contribution in [0.2, 0.25) is 0 Å². The molecule has 0 aliphatic carbocycles. The van der Waals surface area contributed by atoms with Crippen LogP contribution in [-0.2, 0) is 17.9 Å². The SMILES string of the molecule is COc1ccc(CNC(=O)CNC(=O)c2cccc(Cn3nc(C)cc3C)c2)cc1. The minimum absolute atomic E-state index is 0.0866. The maximum Gasteiger partial charge on any atom is 0.251 e. The summed E-state index contributed by atoms with van der Waals surface area (Å²) in [6.07, 6.45) is 0. The quantitative estimate of drug-likeness (QED) is 0.602. The van der Waals surface area contributed by atoms with Gasteiger partial charge in [0.1, 0.15) is 5.75 Å². The van der Waals surface area contributed by atoms with Gasteiger partial charge in [0.25, 0.3) is 5.91 Å². The van der Waals surface area contributed by atoms with E-state index in [9.17, 15) is 9.59 Å². The summed E-state index contributed by atoms with van der Waals surface area (Å²) in [5.41, 5.74) is 4.46. The maximum absolute atomic E-state index is 12.4. The lowest BCUT2D eigenvalue weighted by Gasteiger charge is -2.09. The molecule has 7 nitrogen and oxygen atoms in total. The van der Waals surface area contributed by atoms with E-state index in [-0.39, 0.29) is 18.4 Å². The molecule has 0 atom stereocenters. The summed E-state index contributed by atoms with van der Waals surface area (Å²) >= 11 is 0. The molecular formula is C23H26N4O3. The molecule has 1 heterocycles. The summed E-state index contributed by atoms with van der Waals surface area (Å²) in [6, 6.07) is 16.8. The molecule has 0 bridgehead atoms. The van der Waals surface area contributed by atoms with Crippen LogP contribution in [0.15, 0.2) is 54.6 Å². The van der Waals surface area contributed by atoms with Gasteiger partial charge < -0.3 is 15.4 Å². The number of rotatable bonds is 8. The number of nitrogens with one attached hydrogen (secondary N) is 2.